The molecule has 1 heteroatoms. The largest absolute Gasteiger partial charge is 0.161 e. The molecular weight excluding hydrogens is 80.1 g/mol. The summed E-state index contributed by atoms with van der Waals surface area (Å²) in [7, 11) is 1.82. The van der Waals surface area contributed by atoms with Crippen molar-refractivity contribution in [1.82, 2.24) is 0 Å². The van der Waals surface area contributed by atoms with Gasteiger partial charge in [-0.05, 0) is 23.6 Å². The van der Waals surface area contributed by atoms with E-state index in [2.05, 4.69) is 10.7 Å². The minimum Gasteiger partial charge on any atom is -0.161 e. The highest BCUT2D eigenvalue weighted by atomic mass is 32.1. The molecule has 0 fully saturated rings. The molecule has 0 nitrogen and oxygen atoms in total. The topological polar surface area (TPSA) is 0 Å². The second-order valence-corrected chi connectivity index (χ2v) is 1.99. The van der Waals surface area contributed by atoms with Gasteiger partial charge in [-0.3, -0.25) is 0 Å². The summed E-state index contributed by atoms with van der Waals surface area (Å²) in [5, 5.41) is 4.44. The zero-order chi connectivity index (χ0) is 3.54. The zero-order valence-electron chi connectivity index (χ0n) is 2.98. The molecule has 0 bridgehead atoms. The number of rotatable bonds is 0. The van der Waals surface area contributed by atoms with E-state index in [0.717, 1.165) is 0 Å². The van der Waals surface area contributed by atoms with Crippen molar-refractivity contribution in [2.45, 2.75) is 12.8 Å². The first-order chi connectivity index (χ1) is 2.50. The summed E-state index contributed by atoms with van der Waals surface area (Å²) >= 11 is 0. The first-order valence-electron chi connectivity index (χ1n) is 1.79. The molecule has 0 radical (unpaired) electrons. The minimum absolute atomic E-state index is 1.28. The third kappa shape index (κ3) is 0.618. The van der Waals surface area contributed by atoms with Gasteiger partial charge in [-0.25, -0.2) is 0 Å². The summed E-state index contributed by atoms with van der Waals surface area (Å²) in [6.07, 6.45) is 2.56. The molecule has 0 amide bonds. The first kappa shape index (κ1) is 3.16. The van der Waals surface area contributed by atoms with Gasteiger partial charge in [0.05, 0.1) is 0 Å². The Labute approximate surface area is 35.4 Å². The van der Waals surface area contributed by atoms with Crippen molar-refractivity contribution in [2.24, 2.45) is 0 Å². The highest BCUT2D eigenvalue weighted by Crippen LogP contribution is 1.89. The summed E-state index contributed by atoms with van der Waals surface area (Å²) in [5.41, 5.74) is 0. The predicted octanol–water partition coefficient (Wildman–Crippen LogP) is 1.12. The second-order valence-electron chi connectivity index (χ2n) is 1.05. The Morgan fingerprint density at radius 2 is 1.80 bits per heavy atom. The maximum Gasteiger partial charge on any atom is -0.0211 e. The van der Waals surface area contributed by atoms with E-state index in [1.54, 1.807) is 0 Å². The highest BCUT2D eigenvalue weighted by Gasteiger charge is 1.76. The molecule has 0 aromatic carbocycles. The Morgan fingerprint density at radius 1 is 1.20 bits per heavy atom. The quantitative estimate of drug-likeness (QED) is 0.387. The van der Waals surface area contributed by atoms with E-state index in [1.165, 1.54) is 12.8 Å². The molecule has 0 atom stereocenters. The average molecular weight is 86.2 g/mol. The Balaban J connectivity index is 2.64. The van der Waals surface area contributed by atoms with Gasteiger partial charge in [-0.1, -0.05) is 0 Å². The van der Waals surface area contributed by atoms with Crippen LogP contribution < -0.4 is 0 Å². The number of hydrogen-bond acceptors (Lipinski definition) is 0. The second kappa shape index (κ2) is 1.41. The van der Waals surface area contributed by atoms with Gasteiger partial charge in [-0.15, -0.1) is 0 Å². The molecule has 0 aromatic rings. The van der Waals surface area contributed by atoms with Gasteiger partial charge in [0.1, 0.15) is 0 Å². The van der Waals surface area contributed by atoms with Crippen molar-refractivity contribution in [2.75, 3.05) is 0 Å². The van der Waals surface area contributed by atoms with E-state index in [9.17, 15) is 0 Å². The van der Waals surface area contributed by atoms with Gasteiger partial charge < -0.3 is 0 Å². The zero-order valence-corrected chi connectivity index (χ0v) is 3.79. The molecule has 1 aliphatic rings. The molecule has 5 heavy (non-hydrogen) atoms. The average Bonchev–Trinajstić information content (AvgIpc) is 1.76. The van der Waals surface area contributed by atoms with Crippen molar-refractivity contribution in [3.8, 4) is 0 Å². The summed E-state index contributed by atoms with van der Waals surface area (Å²) < 4.78 is 0. The van der Waals surface area contributed by atoms with Crippen molar-refractivity contribution >= 4 is 21.7 Å². The molecule has 0 aromatic heterocycles. The van der Waals surface area contributed by atoms with Crippen LogP contribution in [0.3, 0.4) is 0 Å². The normalized spacial score (nSPS) is 19.2. The monoisotopic (exact) mass is 86.0 g/mol. The Hall–Kier alpha value is -0.0400. The lowest BCUT2D eigenvalue weighted by Gasteiger charge is -1.64. The van der Waals surface area contributed by atoms with Gasteiger partial charge in [-0.2, -0.15) is 10.9 Å². The third-order valence-corrected chi connectivity index (χ3v) is 1.45. The summed E-state index contributed by atoms with van der Waals surface area (Å²) in [4.78, 5) is 0. The van der Waals surface area contributed by atoms with Crippen LogP contribution >= 0.6 is 10.9 Å². The van der Waals surface area contributed by atoms with Crippen LogP contribution in [0.4, 0.5) is 0 Å². The molecule has 0 saturated heterocycles. The summed E-state index contributed by atoms with van der Waals surface area (Å²) in [6.45, 7) is 0. The Kier molecular flexibility index (Phi) is 0.892. The molecular formula is C4H6S. The molecule has 0 unspecified atom stereocenters. The van der Waals surface area contributed by atoms with Crippen LogP contribution in [0.15, 0.2) is 0 Å². The van der Waals surface area contributed by atoms with Crippen LogP contribution in [-0.2, 0) is 0 Å². The molecule has 0 N–H and O–H groups in total. The fourth-order valence-electron chi connectivity index (χ4n) is 0.340. The standard InChI is InChI=1S/C4H6S/c1-2-4-5-3-1/h3-4H,1-2H2. The van der Waals surface area contributed by atoms with Crippen molar-refractivity contribution < 1.29 is 0 Å². The van der Waals surface area contributed by atoms with Crippen LogP contribution in [0.5, 0.6) is 0 Å². The molecule has 0 spiro atoms. The molecule has 0 saturated carbocycles. The van der Waals surface area contributed by atoms with Gasteiger partial charge in [0.15, 0.2) is 0 Å². The van der Waals surface area contributed by atoms with Gasteiger partial charge in [0, 0.05) is 0 Å². The van der Waals surface area contributed by atoms with E-state index in [0.29, 0.717) is 0 Å². The lowest BCUT2D eigenvalue weighted by molar-refractivity contribution is 1.24. The van der Waals surface area contributed by atoms with E-state index < -0.39 is 0 Å². The number of hydrogen-bond donors (Lipinski definition) is 0. The summed E-state index contributed by atoms with van der Waals surface area (Å²) in [5.74, 6) is 0. The molecule has 28 valence electrons. The first-order valence-corrected chi connectivity index (χ1v) is 2.73. The molecule has 1 rings (SSSR count). The maximum atomic E-state index is 2.22. The minimum atomic E-state index is 1.28. The van der Waals surface area contributed by atoms with Gasteiger partial charge >= 0.3 is 0 Å². The smallest absolute Gasteiger partial charge is 0.0211 e. The van der Waals surface area contributed by atoms with E-state index in [1.807, 2.05) is 10.9 Å². The fraction of sp³-hybridized carbons (Fsp3) is 0.500. The highest BCUT2D eigenvalue weighted by molar-refractivity contribution is 7.96. The Morgan fingerprint density at radius 3 is 2.00 bits per heavy atom. The maximum absolute atomic E-state index is 2.22. The van der Waals surface area contributed by atoms with E-state index in [4.69, 9.17) is 0 Å². The Bertz CT molecular complexity index is 69.6. The van der Waals surface area contributed by atoms with Crippen LogP contribution in [0.2, 0.25) is 0 Å². The molecule has 1 aliphatic heterocycles. The predicted molar refractivity (Wildman–Crippen MR) is 29.0 cm³/mol. The van der Waals surface area contributed by atoms with Crippen molar-refractivity contribution in [3.63, 3.8) is 0 Å². The van der Waals surface area contributed by atoms with Crippen LogP contribution in [0.25, 0.3) is 0 Å². The summed E-state index contributed by atoms with van der Waals surface area (Å²) in [6, 6.07) is 0. The van der Waals surface area contributed by atoms with Gasteiger partial charge in [0.25, 0.3) is 0 Å². The van der Waals surface area contributed by atoms with E-state index >= 15 is 0 Å². The van der Waals surface area contributed by atoms with Crippen molar-refractivity contribution in [3.05, 3.63) is 0 Å². The van der Waals surface area contributed by atoms with Crippen LogP contribution in [-0.4, -0.2) is 10.7 Å². The SMILES string of the molecule is C1=S=CCC1. The van der Waals surface area contributed by atoms with Crippen molar-refractivity contribution in [1.29, 1.82) is 0 Å². The van der Waals surface area contributed by atoms with Gasteiger partial charge in [0.2, 0.25) is 0 Å². The lowest BCUT2D eigenvalue weighted by atomic mass is 10.4. The fourth-order valence-corrected chi connectivity index (χ4v) is 1.02. The van der Waals surface area contributed by atoms with Crippen LogP contribution in [0.1, 0.15) is 12.8 Å². The molecule has 1 heterocycles. The molecule has 0 aliphatic carbocycles. The lowest BCUT2D eigenvalue weighted by Crippen LogP contribution is -1.61. The third-order valence-electron chi connectivity index (χ3n) is 0.595. The van der Waals surface area contributed by atoms with Crippen LogP contribution in [0, 0.1) is 0 Å². The van der Waals surface area contributed by atoms with E-state index in [-0.39, 0.29) is 0 Å².